The summed E-state index contributed by atoms with van der Waals surface area (Å²) in [7, 11) is 0. The Morgan fingerprint density at radius 3 is 2.72 bits per heavy atom. The minimum absolute atomic E-state index is 0.0521. The first kappa shape index (κ1) is 17.2. The third-order valence-corrected chi connectivity index (χ3v) is 4.89. The number of aliphatic imine (C=N–C) groups is 1. The van der Waals surface area contributed by atoms with Crippen LogP contribution in [0.1, 0.15) is 15.9 Å². The molecule has 25 heavy (non-hydrogen) atoms. The molecule has 1 aliphatic heterocycles. The number of nitro benzene ring substituents is 1. The van der Waals surface area contributed by atoms with Gasteiger partial charge in [-0.3, -0.25) is 14.9 Å². The number of carbonyl (C=O) groups excluding carboxylic acids is 1. The third-order valence-electron chi connectivity index (χ3n) is 3.90. The number of nitro groups is 1. The van der Waals surface area contributed by atoms with Gasteiger partial charge in [-0.1, -0.05) is 42.1 Å². The first-order valence-electron chi connectivity index (χ1n) is 7.84. The molecular weight excluding hydrogens is 338 g/mol. The van der Waals surface area contributed by atoms with Crippen molar-refractivity contribution in [3.8, 4) is 0 Å². The Balaban J connectivity index is 1.78. The van der Waals surface area contributed by atoms with E-state index >= 15 is 0 Å². The normalized spacial score (nSPS) is 15.6. The number of non-ortho nitro benzene ring substituents is 1. The van der Waals surface area contributed by atoms with Crippen molar-refractivity contribution in [1.82, 2.24) is 4.90 Å². The second-order valence-corrected chi connectivity index (χ2v) is 6.74. The quantitative estimate of drug-likeness (QED) is 0.463. The average molecular weight is 355 g/mol. The molecule has 0 radical (unpaired) electrons. The van der Waals surface area contributed by atoms with E-state index in [-0.39, 0.29) is 18.0 Å². The lowest BCUT2D eigenvalue weighted by Crippen LogP contribution is -2.30. The molecule has 1 fully saturated rings. The van der Waals surface area contributed by atoms with Crippen LogP contribution in [0, 0.1) is 17.0 Å². The van der Waals surface area contributed by atoms with Crippen molar-refractivity contribution in [2.75, 3.05) is 18.8 Å². The molecule has 2 aromatic rings. The zero-order valence-electron chi connectivity index (χ0n) is 13.7. The Hall–Kier alpha value is -2.67. The zero-order valence-corrected chi connectivity index (χ0v) is 14.5. The van der Waals surface area contributed by atoms with Crippen LogP contribution in [0.3, 0.4) is 0 Å². The van der Waals surface area contributed by atoms with Crippen LogP contribution in [-0.4, -0.2) is 39.6 Å². The summed E-state index contributed by atoms with van der Waals surface area (Å²) >= 11 is 1.59. The number of nitrogens with zero attached hydrogens (tertiary/aromatic N) is 3. The number of amidine groups is 1. The van der Waals surface area contributed by atoms with Crippen molar-refractivity contribution in [2.24, 2.45) is 4.99 Å². The smallest absolute Gasteiger partial charge is 0.269 e. The molecule has 1 saturated heterocycles. The number of aryl methyl sites for hydroxylation is 1. The molecule has 0 amide bonds. The van der Waals surface area contributed by atoms with Gasteiger partial charge in [-0.05, 0) is 18.6 Å². The van der Waals surface area contributed by atoms with Crippen LogP contribution in [0.4, 0.5) is 11.4 Å². The van der Waals surface area contributed by atoms with E-state index in [4.69, 9.17) is 0 Å². The maximum atomic E-state index is 12.4. The first-order chi connectivity index (χ1) is 12.0. The molecule has 0 N–H and O–H groups in total. The molecule has 0 aromatic heterocycles. The molecular formula is C18H17N3O3S. The van der Waals surface area contributed by atoms with Crippen molar-refractivity contribution in [3.05, 3.63) is 69.8 Å². The topological polar surface area (TPSA) is 75.8 Å². The molecule has 1 heterocycles. The van der Waals surface area contributed by atoms with Crippen molar-refractivity contribution in [1.29, 1.82) is 0 Å². The molecule has 0 saturated carbocycles. The monoisotopic (exact) mass is 355 g/mol. The van der Waals surface area contributed by atoms with E-state index < -0.39 is 4.92 Å². The number of thioether (sulfide) groups is 1. The van der Waals surface area contributed by atoms with Crippen LogP contribution in [-0.2, 0) is 0 Å². The number of benzene rings is 2. The Morgan fingerprint density at radius 2 is 2.04 bits per heavy atom. The molecule has 0 spiro atoms. The molecule has 1 aliphatic rings. The second kappa shape index (κ2) is 7.48. The summed E-state index contributed by atoms with van der Waals surface area (Å²) in [5, 5.41) is 11.6. The molecule has 2 aromatic carbocycles. The fourth-order valence-electron chi connectivity index (χ4n) is 2.55. The van der Waals surface area contributed by atoms with Crippen molar-refractivity contribution >= 4 is 34.1 Å². The van der Waals surface area contributed by atoms with Gasteiger partial charge in [0.15, 0.2) is 11.0 Å². The number of hydrogen-bond donors (Lipinski definition) is 0. The number of Topliss-reactive ketones (excluding diaryl/α,β-unsaturated/α-hetero) is 1. The summed E-state index contributed by atoms with van der Waals surface area (Å²) in [6.45, 7) is 2.83. The van der Waals surface area contributed by atoms with Gasteiger partial charge >= 0.3 is 0 Å². The molecule has 0 atom stereocenters. The highest BCUT2D eigenvalue weighted by Crippen LogP contribution is 2.27. The number of rotatable bonds is 5. The van der Waals surface area contributed by atoms with Crippen LogP contribution in [0.5, 0.6) is 0 Å². The first-order valence-corrected chi connectivity index (χ1v) is 8.83. The predicted molar refractivity (Wildman–Crippen MR) is 99.7 cm³/mol. The lowest BCUT2D eigenvalue weighted by atomic mass is 10.1. The Morgan fingerprint density at radius 1 is 1.28 bits per heavy atom. The minimum atomic E-state index is -0.418. The third kappa shape index (κ3) is 4.06. The average Bonchev–Trinajstić information content (AvgIpc) is 3.04. The van der Waals surface area contributed by atoms with E-state index in [9.17, 15) is 14.9 Å². The van der Waals surface area contributed by atoms with Crippen molar-refractivity contribution in [2.45, 2.75) is 6.92 Å². The standard InChI is InChI=1S/C18H17N3O3S/c1-13-11-15(21(23)24)7-8-16(13)19-18-20(9-10-25-18)12-17(22)14-5-3-2-4-6-14/h2-8,11H,9-10,12H2,1H3. The summed E-state index contributed by atoms with van der Waals surface area (Å²) < 4.78 is 0. The summed E-state index contributed by atoms with van der Waals surface area (Å²) in [4.78, 5) is 29.4. The summed E-state index contributed by atoms with van der Waals surface area (Å²) in [6, 6.07) is 13.8. The molecule has 0 bridgehead atoms. The van der Waals surface area contributed by atoms with E-state index in [2.05, 4.69) is 4.99 Å². The molecule has 3 rings (SSSR count). The van der Waals surface area contributed by atoms with Crippen LogP contribution in [0.15, 0.2) is 53.5 Å². The summed E-state index contributed by atoms with van der Waals surface area (Å²) in [6.07, 6.45) is 0. The van der Waals surface area contributed by atoms with E-state index in [1.54, 1.807) is 24.8 Å². The highest BCUT2D eigenvalue weighted by Gasteiger charge is 2.23. The van der Waals surface area contributed by atoms with Crippen LogP contribution >= 0.6 is 11.8 Å². The van der Waals surface area contributed by atoms with Gasteiger partial charge in [0.2, 0.25) is 0 Å². The molecule has 128 valence electrons. The van der Waals surface area contributed by atoms with Gasteiger partial charge < -0.3 is 4.90 Å². The lowest BCUT2D eigenvalue weighted by molar-refractivity contribution is -0.384. The largest absolute Gasteiger partial charge is 0.343 e. The Labute approximate surface area is 149 Å². The summed E-state index contributed by atoms with van der Waals surface area (Å²) in [5.41, 5.74) is 2.16. The maximum absolute atomic E-state index is 12.4. The van der Waals surface area contributed by atoms with Gasteiger partial charge in [0.05, 0.1) is 17.2 Å². The van der Waals surface area contributed by atoms with Crippen LogP contribution in [0.2, 0.25) is 0 Å². The number of carbonyl (C=O) groups is 1. The highest BCUT2D eigenvalue weighted by atomic mass is 32.2. The van der Waals surface area contributed by atoms with Gasteiger partial charge in [-0.15, -0.1) is 0 Å². The molecule has 0 unspecified atom stereocenters. The van der Waals surface area contributed by atoms with Gasteiger partial charge in [0.1, 0.15) is 0 Å². The van der Waals surface area contributed by atoms with E-state index in [0.717, 1.165) is 23.0 Å². The van der Waals surface area contributed by atoms with Crippen molar-refractivity contribution < 1.29 is 9.72 Å². The molecule has 7 heteroatoms. The maximum Gasteiger partial charge on any atom is 0.269 e. The van der Waals surface area contributed by atoms with Crippen LogP contribution < -0.4 is 0 Å². The van der Waals surface area contributed by atoms with Gasteiger partial charge in [-0.25, -0.2) is 4.99 Å². The van der Waals surface area contributed by atoms with E-state index in [1.807, 2.05) is 35.2 Å². The molecule has 0 aliphatic carbocycles. The lowest BCUT2D eigenvalue weighted by Gasteiger charge is -2.17. The fraction of sp³-hybridized carbons (Fsp3) is 0.222. The Bertz CT molecular complexity index is 837. The van der Waals surface area contributed by atoms with Crippen LogP contribution in [0.25, 0.3) is 0 Å². The Kier molecular flexibility index (Phi) is 5.14. The SMILES string of the molecule is Cc1cc([N+](=O)[O-])ccc1N=C1SCCN1CC(=O)c1ccccc1. The summed E-state index contributed by atoms with van der Waals surface area (Å²) in [5.74, 6) is 0.920. The second-order valence-electron chi connectivity index (χ2n) is 5.68. The fourth-order valence-corrected chi connectivity index (χ4v) is 3.55. The number of hydrogen-bond acceptors (Lipinski definition) is 5. The van der Waals surface area contributed by atoms with Gasteiger partial charge in [-0.2, -0.15) is 0 Å². The van der Waals surface area contributed by atoms with Gasteiger partial charge in [0, 0.05) is 30.0 Å². The highest BCUT2D eigenvalue weighted by molar-refractivity contribution is 8.14. The number of ketones is 1. The zero-order chi connectivity index (χ0) is 17.8. The van der Waals surface area contributed by atoms with E-state index in [0.29, 0.717) is 11.3 Å². The van der Waals surface area contributed by atoms with E-state index in [1.165, 1.54) is 12.1 Å². The minimum Gasteiger partial charge on any atom is -0.343 e. The van der Waals surface area contributed by atoms with Crippen molar-refractivity contribution in [3.63, 3.8) is 0 Å². The van der Waals surface area contributed by atoms with Gasteiger partial charge in [0.25, 0.3) is 5.69 Å². The molecule has 6 nitrogen and oxygen atoms in total. The predicted octanol–water partition coefficient (Wildman–Crippen LogP) is 3.82.